The van der Waals surface area contributed by atoms with Crippen LogP contribution in [0.2, 0.25) is 0 Å². The van der Waals surface area contributed by atoms with Crippen molar-refractivity contribution < 1.29 is 29.4 Å². The van der Waals surface area contributed by atoms with Crippen LogP contribution in [0.3, 0.4) is 0 Å². The smallest absolute Gasteiger partial charge is 0.326 e. The van der Waals surface area contributed by atoms with Crippen LogP contribution in [0.4, 0.5) is 0 Å². The number of carboxylic acid groups (broad SMARTS) is 1. The third-order valence-corrected chi connectivity index (χ3v) is 6.01. The van der Waals surface area contributed by atoms with Gasteiger partial charge < -0.3 is 48.3 Å². The maximum Gasteiger partial charge on any atom is 0.326 e. The van der Waals surface area contributed by atoms with E-state index >= 15 is 0 Å². The van der Waals surface area contributed by atoms with Gasteiger partial charge >= 0.3 is 5.97 Å². The molecule has 2 aromatic rings. The van der Waals surface area contributed by atoms with Gasteiger partial charge in [-0.2, -0.15) is 12.6 Å². The van der Waals surface area contributed by atoms with E-state index in [2.05, 4.69) is 38.6 Å². The van der Waals surface area contributed by atoms with E-state index in [4.69, 9.17) is 22.3 Å². The van der Waals surface area contributed by atoms with Crippen molar-refractivity contribution in [2.24, 2.45) is 22.2 Å². The van der Waals surface area contributed by atoms with E-state index in [0.29, 0.717) is 5.56 Å². The maximum absolute atomic E-state index is 13.2. The first kappa shape index (κ1) is 30.4. The maximum atomic E-state index is 13.2. The van der Waals surface area contributed by atoms with Crippen molar-refractivity contribution in [3.05, 3.63) is 36.0 Å². The van der Waals surface area contributed by atoms with Crippen LogP contribution in [-0.2, 0) is 25.6 Å². The second-order valence-corrected chi connectivity index (χ2v) is 8.87. The Labute approximate surface area is 224 Å². The van der Waals surface area contributed by atoms with E-state index in [1.165, 1.54) is 0 Å². The van der Waals surface area contributed by atoms with Gasteiger partial charge in [0.1, 0.15) is 24.2 Å². The number of carboxylic acids is 1. The van der Waals surface area contributed by atoms with Crippen LogP contribution in [0.25, 0.3) is 10.9 Å². The molecule has 1 heterocycles. The number of fused-ring (bicyclic) bond motifs is 1. The minimum atomic E-state index is -1.29. The number of nitrogens with zero attached hydrogens (tertiary/aromatic N) is 1. The van der Waals surface area contributed by atoms with Crippen LogP contribution >= 0.6 is 12.6 Å². The van der Waals surface area contributed by atoms with Crippen LogP contribution in [-0.4, -0.2) is 87.9 Å². The minimum absolute atomic E-state index is 0.00583. The Morgan fingerprint density at radius 2 is 1.63 bits per heavy atom. The van der Waals surface area contributed by atoms with Gasteiger partial charge in [-0.15, -0.1) is 0 Å². The number of aliphatic hydroxyl groups excluding tert-OH is 1. The highest BCUT2D eigenvalue weighted by Gasteiger charge is 2.30. The number of aromatic nitrogens is 1. The Morgan fingerprint density at radius 3 is 2.26 bits per heavy atom. The lowest BCUT2D eigenvalue weighted by Gasteiger charge is -2.24. The summed E-state index contributed by atoms with van der Waals surface area (Å²) in [5.74, 6) is -3.79. The summed E-state index contributed by atoms with van der Waals surface area (Å²) in [7, 11) is 0. The summed E-state index contributed by atoms with van der Waals surface area (Å²) in [6.45, 7) is -0.465. The highest BCUT2D eigenvalue weighted by atomic mass is 32.1. The van der Waals surface area contributed by atoms with E-state index < -0.39 is 54.5 Å². The lowest BCUT2D eigenvalue weighted by Crippen LogP contribution is -2.58. The molecule has 1 aromatic heterocycles. The Hall–Kier alpha value is -3.82. The van der Waals surface area contributed by atoms with Gasteiger partial charge in [0.25, 0.3) is 0 Å². The van der Waals surface area contributed by atoms with Crippen LogP contribution in [0.1, 0.15) is 18.4 Å². The number of aliphatic carboxylic acids is 1. The number of aromatic amines is 1. The molecular formula is C23H34N8O6S. The number of carbonyl (C=O) groups excluding carboxylic acids is 3. The molecule has 1 aromatic carbocycles. The molecule has 3 amide bonds. The Kier molecular flexibility index (Phi) is 11.8. The van der Waals surface area contributed by atoms with Gasteiger partial charge in [-0.1, -0.05) is 18.2 Å². The molecular weight excluding hydrogens is 516 g/mol. The molecule has 38 heavy (non-hydrogen) atoms. The molecule has 15 heteroatoms. The molecule has 0 saturated carbocycles. The highest BCUT2D eigenvalue weighted by molar-refractivity contribution is 7.80. The summed E-state index contributed by atoms with van der Waals surface area (Å²) in [4.78, 5) is 56.9. The Balaban J connectivity index is 2.17. The van der Waals surface area contributed by atoms with Gasteiger partial charge in [-0.05, 0) is 24.5 Å². The summed E-state index contributed by atoms with van der Waals surface area (Å²) in [6, 6.07) is 2.46. The van der Waals surface area contributed by atoms with Gasteiger partial charge in [0.15, 0.2) is 5.96 Å². The van der Waals surface area contributed by atoms with E-state index in [9.17, 15) is 24.3 Å². The van der Waals surface area contributed by atoms with Crippen molar-refractivity contribution in [3.63, 3.8) is 0 Å². The van der Waals surface area contributed by atoms with Crippen molar-refractivity contribution in [3.8, 4) is 0 Å². The van der Waals surface area contributed by atoms with Crippen LogP contribution in [0.15, 0.2) is 35.5 Å². The number of amides is 3. The number of thiol groups is 1. The zero-order valence-corrected chi connectivity index (χ0v) is 21.5. The number of rotatable bonds is 15. The van der Waals surface area contributed by atoms with Crippen LogP contribution in [0, 0.1) is 0 Å². The monoisotopic (exact) mass is 550 g/mol. The SMILES string of the molecule is NC(N)=NCCCC(NC(=O)C(CS)NC(=O)C(N)CO)C(=O)NC(Cc1c[nH]c2ccccc12)C(=O)O. The number of benzene rings is 1. The van der Waals surface area contributed by atoms with Gasteiger partial charge in [0.05, 0.1) is 6.61 Å². The fraction of sp³-hybridized carbons (Fsp3) is 0.435. The number of carbonyl (C=O) groups is 4. The Bertz CT molecular complexity index is 1150. The van der Waals surface area contributed by atoms with Gasteiger partial charge in [0.2, 0.25) is 17.7 Å². The Morgan fingerprint density at radius 1 is 1.00 bits per heavy atom. The summed E-state index contributed by atoms with van der Waals surface area (Å²) in [5, 5.41) is 27.0. The second kappa shape index (κ2) is 14.8. The quantitative estimate of drug-likeness (QED) is 0.0488. The first-order valence-electron chi connectivity index (χ1n) is 11.8. The number of guanidine groups is 1. The molecule has 2 rings (SSSR count). The number of aliphatic imine (C=N–C) groups is 1. The molecule has 12 N–H and O–H groups in total. The molecule has 0 bridgehead atoms. The molecule has 0 aliphatic rings. The number of hydrogen-bond donors (Lipinski definition) is 10. The summed E-state index contributed by atoms with van der Waals surface area (Å²) in [5.41, 5.74) is 17.6. The summed E-state index contributed by atoms with van der Waals surface area (Å²) < 4.78 is 0. The van der Waals surface area contributed by atoms with Crippen LogP contribution < -0.4 is 33.2 Å². The zero-order valence-electron chi connectivity index (χ0n) is 20.6. The fourth-order valence-corrected chi connectivity index (χ4v) is 3.85. The average molecular weight is 551 g/mol. The molecule has 4 atom stereocenters. The molecule has 0 aliphatic heterocycles. The number of para-hydroxylation sites is 1. The first-order valence-corrected chi connectivity index (χ1v) is 12.4. The molecule has 0 fully saturated rings. The summed E-state index contributed by atoms with van der Waals surface area (Å²) in [6.07, 6.45) is 2.02. The predicted octanol–water partition coefficient (Wildman–Crippen LogP) is -2.45. The molecule has 0 aliphatic carbocycles. The van der Waals surface area contributed by atoms with Crippen LogP contribution in [0.5, 0.6) is 0 Å². The van der Waals surface area contributed by atoms with Gasteiger partial charge in [0, 0.05) is 35.8 Å². The fourth-order valence-electron chi connectivity index (χ4n) is 3.59. The number of aliphatic hydroxyl groups is 1. The van der Waals surface area contributed by atoms with E-state index in [1.54, 1.807) is 6.20 Å². The largest absolute Gasteiger partial charge is 0.480 e. The van der Waals surface area contributed by atoms with Crippen molar-refractivity contribution in [2.75, 3.05) is 18.9 Å². The number of hydrogen-bond acceptors (Lipinski definition) is 8. The van der Waals surface area contributed by atoms with E-state index in [0.717, 1.165) is 10.9 Å². The summed E-state index contributed by atoms with van der Waals surface area (Å²) >= 11 is 4.07. The number of nitrogens with one attached hydrogen (secondary N) is 4. The van der Waals surface area contributed by atoms with Crippen molar-refractivity contribution in [2.45, 2.75) is 43.4 Å². The zero-order chi connectivity index (χ0) is 28.2. The third-order valence-electron chi connectivity index (χ3n) is 5.64. The molecule has 4 unspecified atom stereocenters. The van der Waals surface area contributed by atoms with E-state index in [1.807, 2.05) is 24.3 Å². The number of nitrogens with two attached hydrogens (primary N) is 3. The third kappa shape index (κ3) is 8.93. The van der Waals surface area contributed by atoms with E-state index in [-0.39, 0.29) is 37.5 Å². The molecule has 0 spiro atoms. The first-order chi connectivity index (χ1) is 18.1. The molecule has 208 valence electrons. The predicted molar refractivity (Wildman–Crippen MR) is 144 cm³/mol. The normalized spacial score (nSPS) is 14.1. The average Bonchev–Trinajstić information content (AvgIpc) is 3.30. The van der Waals surface area contributed by atoms with Gasteiger partial charge in [-0.3, -0.25) is 19.4 Å². The molecule has 14 nitrogen and oxygen atoms in total. The molecule has 0 saturated heterocycles. The van der Waals surface area contributed by atoms with Gasteiger partial charge in [-0.25, -0.2) is 4.79 Å². The van der Waals surface area contributed by atoms with Crippen molar-refractivity contribution in [1.29, 1.82) is 0 Å². The topological polar surface area (TPSA) is 251 Å². The minimum Gasteiger partial charge on any atom is -0.480 e. The van der Waals surface area contributed by atoms with Crippen molar-refractivity contribution in [1.82, 2.24) is 20.9 Å². The standard InChI is InChI=1S/C23H34N8O6S/c24-14(10-32)19(33)31-18(11-38)21(35)29-16(6-3-7-27-23(25)26)20(34)30-17(22(36)37)8-12-9-28-15-5-2-1-4-13(12)15/h1-2,4-5,9,14,16-18,28,32,38H,3,6-8,10-11,24H2,(H,29,35)(H,30,34)(H,31,33)(H,36,37)(H4,25,26,27). The molecule has 0 radical (unpaired) electrons. The lowest BCUT2D eigenvalue weighted by molar-refractivity contribution is -0.142. The van der Waals surface area contributed by atoms with Crippen molar-refractivity contribution >= 4 is 53.2 Å². The second-order valence-electron chi connectivity index (χ2n) is 8.51. The lowest BCUT2D eigenvalue weighted by atomic mass is 10.0. The number of H-pyrrole nitrogens is 1. The highest BCUT2D eigenvalue weighted by Crippen LogP contribution is 2.19.